The van der Waals surface area contributed by atoms with Crippen molar-refractivity contribution in [1.29, 1.82) is 0 Å². The molecular formula is C10H11ClN2O. The number of aromatic nitrogens is 1. The van der Waals surface area contributed by atoms with Gasteiger partial charge < -0.3 is 4.90 Å². The Morgan fingerprint density at radius 1 is 1.50 bits per heavy atom. The zero-order valence-electron chi connectivity index (χ0n) is 8.34. The highest BCUT2D eigenvalue weighted by Crippen LogP contribution is 2.40. The van der Waals surface area contributed by atoms with Gasteiger partial charge in [-0.05, 0) is 25.5 Å². The molecule has 0 atom stereocenters. The van der Waals surface area contributed by atoms with Crippen LogP contribution >= 0.6 is 11.6 Å². The molecule has 4 heteroatoms. The summed E-state index contributed by atoms with van der Waals surface area (Å²) in [5.74, 6) is 0.0802. The number of hydrogen-bond donors (Lipinski definition) is 0. The zero-order chi connectivity index (χ0) is 10.5. The SMILES string of the molecule is CN1C(=O)C(C)(C)c2cc(Cl)ncc21. The molecule has 1 aliphatic heterocycles. The minimum Gasteiger partial charge on any atom is -0.313 e. The van der Waals surface area contributed by atoms with Crippen molar-refractivity contribution in [3.8, 4) is 0 Å². The van der Waals surface area contributed by atoms with Crippen molar-refractivity contribution in [2.75, 3.05) is 11.9 Å². The van der Waals surface area contributed by atoms with E-state index in [1.807, 2.05) is 13.8 Å². The van der Waals surface area contributed by atoms with Crippen LogP contribution in [-0.4, -0.2) is 17.9 Å². The Balaban J connectivity index is 2.69. The number of halogens is 1. The highest BCUT2D eigenvalue weighted by Gasteiger charge is 2.42. The molecule has 3 nitrogen and oxygen atoms in total. The molecule has 1 amide bonds. The van der Waals surface area contributed by atoms with Crippen LogP contribution in [0.5, 0.6) is 0 Å². The summed E-state index contributed by atoms with van der Waals surface area (Å²) in [6.45, 7) is 3.79. The highest BCUT2D eigenvalue weighted by molar-refractivity contribution is 6.29. The van der Waals surface area contributed by atoms with Crippen molar-refractivity contribution in [3.63, 3.8) is 0 Å². The number of nitrogens with zero attached hydrogens (tertiary/aromatic N) is 2. The van der Waals surface area contributed by atoms with Crippen LogP contribution in [0.15, 0.2) is 12.3 Å². The van der Waals surface area contributed by atoms with Crippen molar-refractivity contribution in [1.82, 2.24) is 4.98 Å². The third kappa shape index (κ3) is 1.05. The van der Waals surface area contributed by atoms with Crippen LogP contribution < -0.4 is 4.90 Å². The van der Waals surface area contributed by atoms with E-state index in [1.165, 1.54) is 0 Å². The molecule has 0 N–H and O–H groups in total. The van der Waals surface area contributed by atoms with Gasteiger partial charge in [-0.25, -0.2) is 4.98 Å². The minimum atomic E-state index is -0.489. The van der Waals surface area contributed by atoms with Crippen LogP contribution in [0, 0.1) is 0 Å². The van der Waals surface area contributed by atoms with E-state index >= 15 is 0 Å². The molecule has 1 aromatic rings. The molecule has 1 aromatic heterocycles. The smallest absolute Gasteiger partial charge is 0.236 e. The lowest BCUT2D eigenvalue weighted by Crippen LogP contribution is -2.33. The molecule has 0 fully saturated rings. The largest absolute Gasteiger partial charge is 0.313 e. The fraction of sp³-hybridized carbons (Fsp3) is 0.400. The Morgan fingerprint density at radius 2 is 2.14 bits per heavy atom. The van der Waals surface area contributed by atoms with Gasteiger partial charge in [-0.2, -0.15) is 0 Å². The molecule has 0 saturated heterocycles. The number of anilines is 1. The summed E-state index contributed by atoms with van der Waals surface area (Å²) in [6, 6.07) is 1.76. The van der Waals surface area contributed by atoms with E-state index in [-0.39, 0.29) is 5.91 Å². The third-order valence-electron chi connectivity index (χ3n) is 2.72. The monoisotopic (exact) mass is 210 g/mol. The van der Waals surface area contributed by atoms with Gasteiger partial charge in [0.1, 0.15) is 5.15 Å². The predicted molar refractivity (Wildman–Crippen MR) is 55.7 cm³/mol. The molecule has 2 heterocycles. The van der Waals surface area contributed by atoms with E-state index in [0.29, 0.717) is 5.15 Å². The number of fused-ring (bicyclic) bond motifs is 1. The number of carbonyl (C=O) groups is 1. The molecule has 0 saturated carbocycles. The van der Waals surface area contributed by atoms with Crippen LogP contribution in [0.1, 0.15) is 19.4 Å². The number of likely N-dealkylation sites (N-methyl/N-ethyl adjacent to an activating group) is 1. The van der Waals surface area contributed by atoms with Crippen molar-refractivity contribution in [2.45, 2.75) is 19.3 Å². The second-order valence-corrected chi connectivity index (χ2v) is 4.40. The Morgan fingerprint density at radius 3 is 2.79 bits per heavy atom. The second kappa shape index (κ2) is 2.70. The van der Waals surface area contributed by atoms with Crippen molar-refractivity contribution < 1.29 is 4.79 Å². The maximum atomic E-state index is 11.9. The molecule has 0 unspecified atom stereocenters. The summed E-state index contributed by atoms with van der Waals surface area (Å²) >= 11 is 5.81. The van der Waals surface area contributed by atoms with Gasteiger partial charge in [0.05, 0.1) is 17.3 Å². The summed E-state index contributed by atoms with van der Waals surface area (Å²) in [4.78, 5) is 17.4. The highest BCUT2D eigenvalue weighted by atomic mass is 35.5. The quantitative estimate of drug-likeness (QED) is 0.614. The maximum absolute atomic E-state index is 11.9. The van der Waals surface area contributed by atoms with Crippen LogP contribution in [0.25, 0.3) is 0 Å². The lowest BCUT2D eigenvalue weighted by atomic mass is 9.87. The average Bonchev–Trinajstić information content (AvgIpc) is 2.29. The van der Waals surface area contributed by atoms with E-state index in [2.05, 4.69) is 4.98 Å². The van der Waals surface area contributed by atoms with E-state index in [9.17, 15) is 4.79 Å². The van der Waals surface area contributed by atoms with Gasteiger partial charge in [-0.1, -0.05) is 11.6 Å². The predicted octanol–water partition coefficient (Wildman–Crippen LogP) is 1.99. The number of rotatable bonds is 0. The van der Waals surface area contributed by atoms with Gasteiger partial charge in [0.25, 0.3) is 0 Å². The first-order valence-corrected chi connectivity index (χ1v) is 4.76. The van der Waals surface area contributed by atoms with Gasteiger partial charge in [0, 0.05) is 7.05 Å². The Hall–Kier alpha value is -1.09. The molecule has 2 rings (SSSR count). The van der Waals surface area contributed by atoms with Crippen LogP contribution in [-0.2, 0) is 10.2 Å². The summed E-state index contributed by atoms with van der Waals surface area (Å²) in [5.41, 5.74) is 1.31. The Labute approximate surface area is 87.7 Å². The first-order valence-electron chi connectivity index (χ1n) is 4.39. The molecule has 0 radical (unpaired) electrons. The van der Waals surface area contributed by atoms with Crippen LogP contribution in [0.2, 0.25) is 5.15 Å². The molecule has 0 spiro atoms. The summed E-state index contributed by atoms with van der Waals surface area (Å²) in [5, 5.41) is 0.430. The van der Waals surface area contributed by atoms with Gasteiger partial charge in [0.15, 0.2) is 0 Å². The maximum Gasteiger partial charge on any atom is 0.236 e. The molecule has 0 aromatic carbocycles. The number of amides is 1. The fourth-order valence-corrected chi connectivity index (χ4v) is 1.99. The topological polar surface area (TPSA) is 33.2 Å². The number of pyridine rings is 1. The van der Waals surface area contributed by atoms with Crippen molar-refractivity contribution in [2.24, 2.45) is 0 Å². The standard InChI is InChI=1S/C10H11ClN2O/c1-10(2)6-4-8(11)12-5-7(6)13(3)9(10)14/h4-5H,1-3H3. The molecular weight excluding hydrogens is 200 g/mol. The Kier molecular flexibility index (Phi) is 1.83. The normalized spacial score (nSPS) is 18.6. The van der Waals surface area contributed by atoms with Crippen LogP contribution in [0.4, 0.5) is 5.69 Å². The second-order valence-electron chi connectivity index (χ2n) is 4.01. The summed E-state index contributed by atoms with van der Waals surface area (Å²) in [7, 11) is 1.76. The van der Waals surface area contributed by atoms with Gasteiger partial charge >= 0.3 is 0 Å². The first-order chi connectivity index (χ1) is 6.44. The van der Waals surface area contributed by atoms with E-state index in [0.717, 1.165) is 11.3 Å². The van der Waals surface area contributed by atoms with Gasteiger partial charge in [-0.15, -0.1) is 0 Å². The van der Waals surface area contributed by atoms with Crippen molar-refractivity contribution in [3.05, 3.63) is 23.0 Å². The van der Waals surface area contributed by atoms with Crippen LogP contribution in [0.3, 0.4) is 0 Å². The zero-order valence-corrected chi connectivity index (χ0v) is 9.09. The Bertz CT molecular complexity index is 415. The summed E-state index contributed by atoms with van der Waals surface area (Å²) < 4.78 is 0. The third-order valence-corrected chi connectivity index (χ3v) is 2.93. The summed E-state index contributed by atoms with van der Waals surface area (Å²) in [6.07, 6.45) is 1.64. The molecule has 14 heavy (non-hydrogen) atoms. The first kappa shape index (κ1) is 9.46. The minimum absolute atomic E-state index is 0.0802. The van der Waals surface area contributed by atoms with E-state index < -0.39 is 5.41 Å². The number of carbonyl (C=O) groups excluding carboxylic acids is 1. The van der Waals surface area contributed by atoms with E-state index in [4.69, 9.17) is 11.6 Å². The van der Waals surface area contributed by atoms with E-state index in [1.54, 1.807) is 24.2 Å². The fourth-order valence-electron chi connectivity index (χ4n) is 1.83. The molecule has 0 bridgehead atoms. The van der Waals surface area contributed by atoms with Gasteiger partial charge in [0.2, 0.25) is 5.91 Å². The van der Waals surface area contributed by atoms with Crippen molar-refractivity contribution >= 4 is 23.2 Å². The lowest BCUT2D eigenvalue weighted by molar-refractivity contribution is -0.121. The average molecular weight is 211 g/mol. The van der Waals surface area contributed by atoms with Gasteiger partial charge in [-0.3, -0.25) is 4.79 Å². The lowest BCUT2D eigenvalue weighted by Gasteiger charge is -2.16. The number of hydrogen-bond acceptors (Lipinski definition) is 2. The molecule has 74 valence electrons. The molecule has 1 aliphatic rings. The molecule has 0 aliphatic carbocycles.